The first kappa shape index (κ1) is 10.8. The van der Waals surface area contributed by atoms with Crippen molar-refractivity contribution in [3.63, 3.8) is 0 Å². The number of hydrogen-bond acceptors (Lipinski definition) is 3. The van der Waals surface area contributed by atoms with Crippen LogP contribution in [0.4, 0.5) is 0 Å². The lowest BCUT2D eigenvalue weighted by atomic mass is 10.1. The van der Waals surface area contributed by atoms with Gasteiger partial charge >= 0.3 is 0 Å². The van der Waals surface area contributed by atoms with Crippen LogP contribution < -0.4 is 0 Å². The molecule has 0 aliphatic heterocycles. The van der Waals surface area contributed by atoms with Crippen LogP contribution in [0.2, 0.25) is 5.02 Å². The third-order valence-electron chi connectivity index (χ3n) is 1.72. The highest BCUT2D eigenvalue weighted by atomic mass is 35.5. The molecule has 1 amide bonds. The molecule has 4 nitrogen and oxygen atoms in total. The minimum Gasteiger partial charge on any atom is -0.388 e. The van der Waals surface area contributed by atoms with E-state index in [0.29, 0.717) is 10.6 Å². The van der Waals surface area contributed by atoms with Crippen LogP contribution in [0.15, 0.2) is 29.4 Å². The van der Waals surface area contributed by atoms with E-state index < -0.39 is 12.0 Å². The molecule has 74 valence electrons. The van der Waals surface area contributed by atoms with Crippen LogP contribution in [0.1, 0.15) is 18.1 Å². The smallest absolute Gasteiger partial charge is 0.289 e. The molecule has 5 heteroatoms. The van der Waals surface area contributed by atoms with E-state index in [2.05, 4.69) is 5.18 Å². The number of nitrogens with zero attached hydrogens (tertiary/aromatic N) is 1. The second-order valence-electron chi connectivity index (χ2n) is 2.76. The van der Waals surface area contributed by atoms with Gasteiger partial charge in [-0.1, -0.05) is 23.7 Å². The van der Waals surface area contributed by atoms with Crippen molar-refractivity contribution in [2.24, 2.45) is 5.18 Å². The first-order valence-electron chi connectivity index (χ1n) is 3.93. The van der Waals surface area contributed by atoms with Crippen molar-refractivity contribution in [2.45, 2.75) is 12.5 Å². The summed E-state index contributed by atoms with van der Waals surface area (Å²) >= 11 is 5.63. The zero-order valence-corrected chi connectivity index (χ0v) is 7.94. The zero-order valence-electron chi connectivity index (χ0n) is 7.18. The highest BCUT2D eigenvalue weighted by Gasteiger charge is 2.12. The second-order valence-corrected chi connectivity index (χ2v) is 3.19. The van der Waals surface area contributed by atoms with Gasteiger partial charge in [-0.2, -0.15) is 0 Å². The number of nitroso groups, excluding NO2 is 1. The summed E-state index contributed by atoms with van der Waals surface area (Å²) in [5, 5.41) is 12.2. The van der Waals surface area contributed by atoms with Gasteiger partial charge in [-0.25, -0.2) is 0 Å². The molecule has 0 saturated heterocycles. The number of hydrogen-bond donors (Lipinski definition) is 1. The lowest BCUT2D eigenvalue weighted by Crippen LogP contribution is -2.03. The molecule has 0 saturated carbocycles. The predicted molar refractivity (Wildman–Crippen MR) is 51.8 cm³/mol. The van der Waals surface area contributed by atoms with Gasteiger partial charge in [0.15, 0.2) is 0 Å². The Morgan fingerprint density at radius 3 is 2.50 bits per heavy atom. The van der Waals surface area contributed by atoms with E-state index in [9.17, 15) is 14.8 Å². The fourth-order valence-electron chi connectivity index (χ4n) is 1.01. The summed E-state index contributed by atoms with van der Waals surface area (Å²) in [4.78, 5) is 20.4. The maximum Gasteiger partial charge on any atom is 0.289 e. The molecule has 1 N–H and O–H groups in total. The molecule has 1 aromatic rings. The maximum absolute atomic E-state index is 10.6. The summed E-state index contributed by atoms with van der Waals surface area (Å²) in [6.07, 6.45) is -1.30. The van der Waals surface area contributed by atoms with Gasteiger partial charge in [0, 0.05) is 10.2 Å². The monoisotopic (exact) mass is 213 g/mol. The van der Waals surface area contributed by atoms with Gasteiger partial charge in [0.25, 0.3) is 5.91 Å². The Hall–Kier alpha value is -1.26. The maximum atomic E-state index is 10.6. The van der Waals surface area contributed by atoms with E-state index in [-0.39, 0.29) is 6.42 Å². The molecule has 1 aromatic carbocycles. The standard InChI is InChI=1S/C9H8ClNO3/c10-7-3-1-6(2-4-7)8(12)5-9(13)11-14/h1-4,8,12H,5H2/t8-/m1/s1. The molecule has 0 aliphatic rings. The van der Waals surface area contributed by atoms with Crippen molar-refractivity contribution in [1.82, 2.24) is 0 Å². The Labute approximate surface area is 85.5 Å². The van der Waals surface area contributed by atoms with Crippen molar-refractivity contribution in [3.8, 4) is 0 Å². The average Bonchev–Trinajstić information content (AvgIpc) is 2.18. The van der Waals surface area contributed by atoms with Crippen LogP contribution in [0.3, 0.4) is 0 Å². The Kier molecular flexibility index (Phi) is 3.73. The molecule has 0 radical (unpaired) electrons. The Morgan fingerprint density at radius 1 is 1.43 bits per heavy atom. The fourth-order valence-corrected chi connectivity index (χ4v) is 1.13. The molecule has 14 heavy (non-hydrogen) atoms. The van der Waals surface area contributed by atoms with E-state index in [1.54, 1.807) is 24.3 Å². The summed E-state index contributed by atoms with van der Waals surface area (Å²) in [5.74, 6) is -0.868. The third-order valence-corrected chi connectivity index (χ3v) is 1.98. The summed E-state index contributed by atoms with van der Waals surface area (Å²) in [7, 11) is 0. The van der Waals surface area contributed by atoms with Gasteiger partial charge in [0.1, 0.15) is 0 Å². The molecule has 0 aromatic heterocycles. The van der Waals surface area contributed by atoms with E-state index in [0.717, 1.165) is 0 Å². The number of amides is 1. The molecule has 1 rings (SSSR count). The second kappa shape index (κ2) is 4.83. The predicted octanol–water partition coefficient (Wildman–Crippen LogP) is 2.06. The van der Waals surface area contributed by atoms with Crippen LogP contribution >= 0.6 is 11.6 Å². The molecular formula is C9H8ClNO3. The molecule has 0 aliphatic carbocycles. The zero-order chi connectivity index (χ0) is 10.6. The first-order chi connectivity index (χ1) is 6.63. The van der Waals surface area contributed by atoms with Crippen LogP contribution in [0.5, 0.6) is 0 Å². The molecule has 0 bridgehead atoms. The van der Waals surface area contributed by atoms with Crippen molar-refractivity contribution in [2.75, 3.05) is 0 Å². The normalized spacial score (nSPS) is 12.1. The Bertz CT molecular complexity index is 336. The lowest BCUT2D eigenvalue weighted by molar-refractivity contribution is -0.119. The van der Waals surface area contributed by atoms with E-state index in [1.807, 2.05) is 0 Å². The average molecular weight is 214 g/mol. The minimum atomic E-state index is -1.00. The topological polar surface area (TPSA) is 66.7 Å². The molecule has 0 fully saturated rings. The summed E-state index contributed by atoms with van der Waals surface area (Å²) < 4.78 is 0. The van der Waals surface area contributed by atoms with Crippen molar-refractivity contribution >= 4 is 17.5 Å². The Balaban J connectivity index is 2.69. The highest BCUT2D eigenvalue weighted by Crippen LogP contribution is 2.19. The van der Waals surface area contributed by atoms with Crippen molar-refractivity contribution < 1.29 is 9.90 Å². The molecule has 0 unspecified atom stereocenters. The molecule has 0 spiro atoms. The number of aliphatic hydroxyl groups excluding tert-OH is 1. The first-order valence-corrected chi connectivity index (χ1v) is 4.31. The van der Waals surface area contributed by atoms with E-state index in [4.69, 9.17) is 11.6 Å². The SMILES string of the molecule is O=NC(=O)C[C@@H](O)c1ccc(Cl)cc1. The minimum absolute atomic E-state index is 0.300. The van der Waals surface area contributed by atoms with Crippen LogP contribution in [0, 0.1) is 4.91 Å². The summed E-state index contributed by atoms with van der Waals surface area (Å²) in [6, 6.07) is 6.37. The Morgan fingerprint density at radius 2 is 2.00 bits per heavy atom. The quantitative estimate of drug-likeness (QED) is 0.782. The van der Waals surface area contributed by atoms with E-state index in [1.165, 1.54) is 0 Å². The van der Waals surface area contributed by atoms with Gasteiger partial charge < -0.3 is 5.11 Å². The van der Waals surface area contributed by atoms with Gasteiger partial charge in [-0.3, -0.25) is 4.79 Å². The van der Waals surface area contributed by atoms with E-state index >= 15 is 0 Å². The number of halogens is 1. The number of benzene rings is 1. The number of carbonyl (C=O) groups is 1. The number of aliphatic hydroxyl groups is 1. The third kappa shape index (κ3) is 2.90. The van der Waals surface area contributed by atoms with Gasteiger partial charge in [0.05, 0.1) is 12.5 Å². The summed E-state index contributed by atoms with van der Waals surface area (Å²) in [5.41, 5.74) is 0.534. The van der Waals surface area contributed by atoms with Crippen molar-refractivity contribution in [1.29, 1.82) is 0 Å². The highest BCUT2D eigenvalue weighted by molar-refractivity contribution is 6.30. The molecule has 0 heterocycles. The van der Waals surface area contributed by atoms with Gasteiger partial charge in [0.2, 0.25) is 0 Å². The largest absolute Gasteiger partial charge is 0.388 e. The molecule has 1 atom stereocenters. The molecular weight excluding hydrogens is 206 g/mol. The fraction of sp³-hybridized carbons (Fsp3) is 0.222. The summed E-state index contributed by atoms with van der Waals surface area (Å²) in [6.45, 7) is 0. The van der Waals surface area contributed by atoms with Gasteiger partial charge in [-0.15, -0.1) is 4.91 Å². The number of carbonyl (C=O) groups excluding carboxylic acids is 1. The van der Waals surface area contributed by atoms with Crippen LogP contribution in [-0.4, -0.2) is 11.0 Å². The van der Waals surface area contributed by atoms with Gasteiger partial charge in [-0.05, 0) is 17.7 Å². The lowest BCUT2D eigenvalue weighted by Gasteiger charge is -2.07. The van der Waals surface area contributed by atoms with Crippen LogP contribution in [0.25, 0.3) is 0 Å². The van der Waals surface area contributed by atoms with Crippen LogP contribution in [-0.2, 0) is 4.79 Å². The van der Waals surface area contributed by atoms with Crippen molar-refractivity contribution in [3.05, 3.63) is 39.8 Å². The number of rotatable bonds is 3.